The molecule has 0 aliphatic rings. The van der Waals surface area contributed by atoms with Gasteiger partial charge in [0.1, 0.15) is 0 Å². The standard InChI is InChI=1S/C5H8F3NO/c1-9-4(10)2-3-5(6,7)8/h2-3H2,1H3,(H,9,10). The summed E-state index contributed by atoms with van der Waals surface area (Å²) < 4.78 is 34.1. The number of alkyl halides is 3. The zero-order valence-electron chi connectivity index (χ0n) is 5.46. The van der Waals surface area contributed by atoms with Crippen LogP contribution in [0.25, 0.3) is 0 Å². The molecule has 0 unspecified atom stereocenters. The van der Waals surface area contributed by atoms with Crippen LogP contribution in [0.2, 0.25) is 0 Å². The fourth-order valence-electron chi connectivity index (χ4n) is 0.380. The fraction of sp³-hybridized carbons (Fsp3) is 0.800. The van der Waals surface area contributed by atoms with Gasteiger partial charge < -0.3 is 5.32 Å². The van der Waals surface area contributed by atoms with E-state index in [2.05, 4.69) is 5.32 Å². The SMILES string of the molecule is CNC(=O)CCC(F)(F)F. The van der Waals surface area contributed by atoms with Gasteiger partial charge in [-0.05, 0) is 0 Å². The second-order valence-corrected chi connectivity index (χ2v) is 1.79. The summed E-state index contributed by atoms with van der Waals surface area (Å²) in [4.78, 5) is 10.2. The molecule has 0 atom stereocenters. The van der Waals surface area contributed by atoms with Crippen molar-refractivity contribution >= 4 is 5.91 Å². The Labute approximate surface area is 56.4 Å². The van der Waals surface area contributed by atoms with Crippen LogP contribution in [0.4, 0.5) is 13.2 Å². The molecule has 0 saturated carbocycles. The minimum absolute atomic E-state index is 0.486. The number of rotatable bonds is 2. The lowest BCUT2D eigenvalue weighted by Crippen LogP contribution is -2.20. The molecule has 0 saturated heterocycles. The summed E-state index contributed by atoms with van der Waals surface area (Å²) in [7, 11) is 1.30. The molecule has 2 nitrogen and oxygen atoms in total. The molecule has 0 radical (unpaired) electrons. The number of carbonyl (C=O) groups is 1. The Kier molecular flexibility index (Phi) is 3.18. The summed E-state index contributed by atoms with van der Waals surface area (Å²) in [5, 5.41) is 2.10. The van der Waals surface area contributed by atoms with Gasteiger partial charge >= 0.3 is 6.18 Å². The molecule has 5 heteroatoms. The van der Waals surface area contributed by atoms with Crippen LogP contribution in [-0.2, 0) is 4.79 Å². The van der Waals surface area contributed by atoms with E-state index in [1.165, 1.54) is 7.05 Å². The highest BCUT2D eigenvalue weighted by Gasteiger charge is 2.27. The molecule has 0 spiro atoms. The van der Waals surface area contributed by atoms with Gasteiger partial charge in [-0.15, -0.1) is 0 Å². The number of hydrogen-bond acceptors (Lipinski definition) is 1. The minimum Gasteiger partial charge on any atom is -0.359 e. The first-order valence-corrected chi connectivity index (χ1v) is 2.73. The van der Waals surface area contributed by atoms with Gasteiger partial charge in [0.05, 0.1) is 6.42 Å². The van der Waals surface area contributed by atoms with Crippen molar-refractivity contribution in [1.82, 2.24) is 5.32 Å². The summed E-state index contributed by atoms with van der Waals surface area (Å²) in [6, 6.07) is 0. The van der Waals surface area contributed by atoms with Gasteiger partial charge in [-0.25, -0.2) is 0 Å². The Morgan fingerprint density at radius 1 is 1.50 bits per heavy atom. The van der Waals surface area contributed by atoms with Crippen molar-refractivity contribution in [2.45, 2.75) is 19.0 Å². The highest BCUT2D eigenvalue weighted by Crippen LogP contribution is 2.20. The molecule has 0 aromatic carbocycles. The molecule has 0 fully saturated rings. The van der Waals surface area contributed by atoms with E-state index in [-0.39, 0.29) is 0 Å². The van der Waals surface area contributed by atoms with E-state index in [1.54, 1.807) is 0 Å². The van der Waals surface area contributed by atoms with E-state index >= 15 is 0 Å². The van der Waals surface area contributed by atoms with Crippen molar-refractivity contribution in [3.8, 4) is 0 Å². The lowest BCUT2D eigenvalue weighted by molar-refractivity contribution is -0.143. The quantitative estimate of drug-likeness (QED) is 0.635. The normalized spacial score (nSPS) is 11.2. The monoisotopic (exact) mass is 155 g/mol. The maximum absolute atomic E-state index is 11.4. The molecule has 0 aromatic rings. The summed E-state index contributed by atoms with van der Waals surface area (Å²) in [6.07, 6.45) is -5.76. The van der Waals surface area contributed by atoms with Crippen LogP contribution in [0, 0.1) is 0 Å². The van der Waals surface area contributed by atoms with E-state index in [0.717, 1.165) is 0 Å². The lowest BCUT2D eigenvalue weighted by Gasteiger charge is -2.03. The second-order valence-electron chi connectivity index (χ2n) is 1.79. The highest BCUT2D eigenvalue weighted by atomic mass is 19.4. The molecule has 0 aromatic heterocycles. The number of nitrogens with one attached hydrogen (secondary N) is 1. The number of hydrogen-bond donors (Lipinski definition) is 1. The average molecular weight is 155 g/mol. The third-order valence-electron chi connectivity index (χ3n) is 0.914. The fourth-order valence-corrected chi connectivity index (χ4v) is 0.380. The van der Waals surface area contributed by atoms with Crippen molar-refractivity contribution in [3.05, 3.63) is 0 Å². The van der Waals surface area contributed by atoms with Crippen LogP contribution in [0.5, 0.6) is 0 Å². The number of halogens is 3. The first kappa shape index (κ1) is 9.26. The zero-order chi connectivity index (χ0) is 8.20. The Balaban J connectivity index is 3.46. The topological polar surface area (TPSA) is 29.1 Å². The summed E-state index contributed by atoms with van der Waals surface area (Å²) in [5.74, 6) is -0.586. The van der Waals surface area contributed by atoms with Crippen molar-refractivity contribution < 1.29 is 18.0 Å². The number of amides is 1. The molecule has 0 heterocycles. The van der Waals surface area contributed by atoms with E-state index in [1.807, 2.05) is 0 Å². The Hall–Kier alpha value is -0.740. The maximum atomic E-state index is 11.4. The van der Waals surface area contributed by atoms with Crippen LogP contribution < -0.4 is 5.32 Å². The lowest BCUT2D eigenvalue weighted by atomic mass is 10.3. The number of carbonyl (C=O) groups excluding carboxylic acids is 1. The minimum atomic E-state index is -4.23. The van der Waals surface area contributed by atoms with Gasteiger partial charge in [0.25, 0.3) is 0 Å². The molecule has 0 bridgehead atoms. The molecular formula is C5H8F3NO. The van der Waals surface area contributed by atoms with E-state index in [0.29, 0.717) is 0 Å². The maximum Gasteiger partial charge on any atom is 0.389 e. The summed E-state index contributed by atoms with van der Waals surface area (Å²) in [6.45, 7) is 0. The molecule has 1 amide bonds. The van der Waals surface area contributed by atoms with Gasteiger partial charge in [0.2, 0.25) is 5.91 Å². The Bertz CT molecular complexity index is 121. The van der Waals surface area contributed by atoms with E-state index < -0.39 is 24.9 Å². The third-order valence-corrected chi connectivity index (χ3v) is 0.914. The molecular weight excluding hydrogens is 147 g/mol. The van der Waals surface area contributed by atoms with E-state index in [4.69, 9.17) is 0 Å². The van der Waals surface area contributed by atoms with Crippen LogP contribution in [0.1, 0.15) is 12.8 Å². The van der Waals surface area contributed by atoms with Crippen molar-refractivity contribution in [1.29, 1.82) is 0 Å². The van der Waals surface area contributed by atoms with Crippen LogP contribution in [0.3, 0.4) is 0 Å². The molecule has 0 aliphatic heterocycles. The van der Waals surface area contributed by atoms with Crippen LogP contribution in [0.15, 0.2) is 0 Å². The first-order valence-electron chi connectivity index (χ1n) is 2.73. The summed E-state index contributed by atoms with van der Waals surface area (Å²) in [5.41, 5.74) is 0. The second kappa shape index (κ2) is 3.43. The average Bonchev–Trinajstić information content (AvgIpc) is 1.81. The van der Waals surface area contributed by atoms with Gasteiger partial charge in [-0.1, -0.05) is 0 Å². The van der Waals surface area contributed by atoms with Crippen molar-refractivity contribution in [2.75, 3.05) is 7.05 Å². The predicted octanol–water partition coefficient (Wildman–Crippen LogP) is 1.07. The first-order chi connectivity index (χ1) is 4.45. The smallest absolute Gasteiger partial charge is 0.359 e. The molecule has 0 rings (SSSR count). The van der Waals surface area contributed by atoms with Gasteiger partial charge in [-0.2, -0.15) is 13.2 Å². The van der Waals surface area contributed by atoms with Gasteiger partial charge in [-0.3, -0.25) is 4.79 Å². The van der Waals surface area contributed by atoms with Crippen LogP contribution in [-0.4, -0.2) is 19.1 Å². The third kappa shape index (κ3) is 5.40. The largest absolute Gasteiger partial charge is 0.389 e. The molecule has 1 N–H and O–H groups in total. The molecule has 10 heavy (non-hydrogen) atoms. The highest BCUT2D eigenvalue weighted by molar-refractivity contribution is 5.75. The zero-order valence-corrected chi connectivity index (χ0v) is 5.46. The van der Waals surface area contributed by atoms with Gasteiger partial charge in [0.15, 0.2) is 0 Å². The molecule has 0 aliphatic carbocycles. The predicted molar refractivity (Wildman–Crippen MR) is 29.4 cm³/mol. The van der Waals surface area contributed by atoms with Gasteiger partial charge in [0, 0.05) is 13.5 Å². The Morgan fingerprint density at radius 3 is 2.30 bits per heavy atom. The van der Waals surface area contributed by atoms with Crippen LogP contribution >= 0.6 is 0 Å². The Morgan fingerprint density at radius 2 is 2.00 bits per heavy atom. The molecule has 60 valence electrons. The van der Waals surface area contributed by atoms with Crippen molar-refractivity contribution in [2.24, 2.45) is 0 Å². The summed E-state index contributed by atoms with van der Waals surface area (Å²) >= 11 is 0. The van der Waals surface area contributed by atoms with Crippen molar-refractivity contribution in [3.63, 3.8) is 0 Å². The van der Waals surface area contributed by atoms with E-state index in [9.17, 15) is 18.0 Å².